The van der Waals surface area contributed by atoms with E-state index in [1.54, 1.807) is 23.3 Å². The lowest BCUT2D eigenvalue weighted by atomic mass is 10.1. The monoisotopic (exact) mass is 344 g/mol. The number of hydrogen-bond donors (Lipinski definition) is 2. The topological polar surface area (TPSA) is 88.5 Å². The van der Waals surface area contributed by atoms with Crippen molar-refractivity contribution in [2.24, 2.45) is 0 Å². The van der Waals surface area contributed by atoms with Gasteiger partial charge in [-0.2, -0.15) is 5.10 Å². The van der Waals surface area contributed by atoms with E-state index < -0.39 is 0 Å². The minimum absolute atomic E-state index is 0.0127. The number of nitrogens with one attached hydrogen (secondary N) is 2. The molecular weight excluding hydrogens is 328 g/mol. The van der Waals surface area contributed by atoms with Crippen LogP contribution in [0.2, 0.25) is 5.02 Å². The van der Waals surface area contributed by atoms with Gasteiger partial charge in [-0.3, -0.25) is 19.4 Å². The van der Waals surface area contributed by atoms with E-state index >= 15 is 0 Å². The molecule has 3 heterocycles. The molecule has 24 heavy (non-hydrogen) atoms. The van der Waals surface area contributed by atoms with E-state index in [2.05, 4.69) is 25.4 Å². The van der Waals surface area contributed by atoms with Gasteiger partial charge in [-0.15, -0.1) is 0 Å². The Morgan fingerprint density at radius 3 is 3.00 bits per heavy atom. The number of H-pyrrole nitrogens is 1. The maximum absolute atomic E-state index is 11.9. The predicted molar refractivity (Wildman–Crippen MR) is 92.1 cm³/mol. The van der Waals surface area contributed by atoms with Crippen LogP contribution in [0.25, 0.3) is 0 Å². The molecule has 0 aliphatic heterocycles. The highest BCUT2D eigenvalue weighted by Crippen LogP contribution is 2.16. The molecule has 0 spiro atoms. The average Bonchev–Trinajstić information content (AvgIpc) is 2.98. The molecule has 0 amide bonds. The van der Waals surface area contributed by atoms with Crippen molar-refractivity contribution < 1.29 is 0 Å². The molecule has 0 radical (unpaired) electrons. The first-order chi connectivity index (χ1) is 11.6. The third-order valence-electron chi connectivity index (χ3n) is 3.49. The quantitative estimate of drug-likeness (QED) is 0.717. The fourth-order valence-electron chi connectivity index (χ4n) is 2.30. The fraction of sp³-hybridized carbons (Fsp3) is 0.250. The standard InChI is InChI=1S/C16H17ClN6O/c1-11(9-23-10-12(17)7-20-23)14-6-15(24)22-16(21-14)19-8-13-4-2-3-5-18-13/h2-7,10-11H,8-9H2,1H3,(H2,19,21,22,24)/t11-/m1/s1. The Bertz CT molecular complexity index is 860. The molecule has 0 saturated carbocycles. The number of pyridine rings is 1. The first-order valence-electron chi connectivity index (χ1n) is 7.53. The summed E-state index contributed by atoms with van der Waals surface area (Å²) in [6.45, 7) is 3.05. The number of anilines is 1. The summed E-state index contributed by atoms with van der Waals surface area (Å²) in [6, 6.07) is 7.17. The van der Waals surface area contributed by atoms with Crippen LogP contribution < -0.4 is 10.9 Å². The van der Waals surface area contributed by atoms with Crippen molar-refractivity contribution in [3.63, 3.8) is 0 Å². The van der Waals surface area contributed by atoms with Crippen LogP contribution >= 0.6 is 11.6 Å². The Labute approximate surface area is 143 Å². The smallest absolute Gasteiger partial charge is 0.252 e. The van der Waals surface area contributed by atoms with Crippen LogP contribution in [0.4, 0.5) is 5.95 Å². The molecule has 8 heteroatoms. The highest BCUT2D eigenvalue weighted by Gasteiger charge is 2.11. The van der Waals surface area contributed by atoms with Crippen LogP contribution in [0.3, 0.4) is 0 Å². The van der Waals surface area contributed by atoms with E-state index in [1.807, 2.05) is 25.1 Å². The lowest BCUT2D eigenvalue weighted by Gasteiger charge is -2.12. The van der Waals surface area contributed by atoms with Crippen molar-refractivity contribution in [3.05, 3.63) is 69.6 Å². The minimum Gasteiger partial charge on any atom is -0.350 e. The van der Waals surface area contributed by atoms with Gasteiger partial charge in [0.1, 0.15) is 0 Å². The number of hydrogen-bond acceptors (Lipinski definition) is 5. The molecule has 0 saturated heterocycles. The van der Waals surface area contributed by atoms with Crippen molar-refractivity contribution in [2.45, 2.75) is 25.9 Å². The number of aromatic nitrogens is 5. The molecule has 124 valence electrons. The second-order valence-corrected chi connectivity index (χ2v) is 5.91. The van der Waals surface area contributed by atoms with Gasteiger partial charge in [-0.25, -0.2) is 4.98 Å². The van der Waals surface area contributed by atoms with Gasteiger partial charge in [-0.1, -0.05) is 24.6 Å². The second kappa shape index (κ2) is 7.27. The lowest BCUT2D eigenvalue weighted by Crippen LogP contribution is -2.17. The second-order valence-electron chi connectivity index (χ2n) is 5.48. The number of aromatic amines is 1. The molecule has 2 N–H and O–H groups in total. The Kier molecular flexibility index (Phi) is 4.90. The van der Waals surface area contributed by atoms with Gasteiger partial charge in [-0.05, 0) is 12.1 Å². The summed E-state index contributed by atoms with van der Waals surface area (Å²) in [5, 5.41) is 7.82. The predicted octanol–water partition coefficient (Wildman–Crippen LogP) is 2.43. The van der Waals surface area contributed by atoms with Gasteiger partial charge in [0.15, 0.2) is 0 Å². The number of halogens is 1. The van der Waals surface area contributed by atoms with E-state index in [1.165, 1.54) is 6.07 Å². The summed E-state index contributed by atoms with van der Waals surface area (Å²) >= 11 is 5.87. The third-order valence-corrected chi connectivity index (χ3v) is 3.69. The lowest BCUT2D eigenvalue weighted by molar-refractivity contribution is 0.533. The molecular formula is C16H17ClN6O. The van der Waals surface area contributed by atoms with E-state index in [9.17, 15) is 4.79 Å². The minimum atomic E-state index is -0.200. The Balaban J connectivity index is 1.72. The maximum atomic E-state index is 11.9. The van der Waals surface area contributed by atoms with Crippen LogP contribution in [0, 0.1) is 0 Å². The summed E-state index contributed by atoms with van der Waals surface area (Å²) in [7, 11) is 0. The normalized spacial score (nSPS) is 12.1. The molecule has 0 aromatic carbocycles. The molecule has 3 aromatic heterocycles. The molecule has 0 fully saturated rings. The summed E-state index contributed by atoms with van der Waals surface area (Å²) in [5.74, 6) is 0.437. The van der Waals surface area contributed by atoms with E-state index in [0.29, 0.717) is 29.8 Å². The van der Waals surface area contributed by atoms with Crippen molar-refractivity contribution in [1.82, 2.24) is 24.7 Å². The average molecular weight is 345 g/mol. The van der Waals surface area contributed by atoms with Gasteiger partial charge in [0.2, 0.25) is 5.95 Å². The highest BCUT2D eigenvalue weighted by atomic mass is 35.5. The number of rotatable bonds is 6. The van der Waals surface area contributed by atoms with Crippen LogP contribution in [0.1, 0.15) is 24.2 Å². The SMILES string of the molecule is C[C@H](Cn1cc(Cl)cn1)c1cc(=O)[nH]c(NCc2ccccn2)n1. The van der Waals surface area contributed by atoms with Gasteiger partial charge < -0.3 is 5.32 Å². The van der Waals surface area contributed by atoms with Crippen molar-refractivity contribution in [3.8, 4) is 0 Å². The molecule has 3 rings (SSSR count). The zero-order valence-electron chi connectivity index (χ0n) is 13.1. The molecule has 0 aliphatic rings. The van der Waals surface area contributed by atoms with Gasteiger partial charge in [0, 0.05) is 30.9 Å². The van der Waals surface area contributed by atoms with Crippen LogP contribution in [-0.2, 0) is 13.1 Å². The summed E-state index contributed by atoms with van der Waals surface area (Å²) < 4.78 is 1.73. The largest absolute Gasteiger partial charge is 0.350 e. The number of nitrogens with zero attached hydrogens (tertiary/aromatic N) is 4. The van der Waals surface area contributed by atoms with Crippen molar-refractivity contribution in [2.75, 3.05) is 5.32 Å². The molecule has 0 unspecified atom stereocenters. The first kappa shape index (κ1) is 16.2. The van der Waals surface area contributed by atoms with Gasteiger partial charge >= 0.3 is 0 Å². The fourth-order valence-corrected chi connectivity index (χ4v) is 2.46. The van der Waals surface area contributed by atoms with Gasteiger partial charge in [0.05, 0.1) is 29.2 Å². The van der Waals surface area contributed by atoms with Gasteiger partial charge in [0.25, 0.3) is 5.56 Å². The molecule has 0 bridgehead atoms. The maximum Gasteiger partial charge on any atom is 0.252 e. The Morgan fingerprint density at radius 2 is 2.29 bits per heavy atom. The summed E-state index contributed by atoms with van der Waals surface area (Å²) in [4.78, 5) is 23.3. The molecule has 1 atom stereocenters. The van der Waals surface area contributed by atoms with Crippen LogP contribution in [0.5, 0.6) is 0 Å². The Hall–Kier alpha value is -2.67. The van der Waals surface area contributed by atoms with Crippen molar-refractivity contribution in [1.29, 1.82) is 0 Å². The van der Waals surface area contributed by atoms with Crippen LogP contribution in [-0.4, -0.2) is 24.7 Å². The first-order valence-corrected chi connectivity index (χ1v) is 7.91. The van der Waals surface area contributed by atoms with E-state index in [4.69, 9.17) is 11.6 Å². The van der Waals surface area contributed by atoms with Crippen LogP contribution in [0.15, 0.2) is 47.7 Å². The molecule has 0 aliphatic carbocycles. The zero-order valence-corrected chi connectivity index (χ0v) is 13.9. The van der Waals surface area contributed by atoms with E-state index in [-0.39, 0.29) is 11.5 Å². The summed E-state index contributed by atoms with van der Waals surface area (Å²) in [5.41, 5.74) is 1.35. The van der Waals surface area contributed by atoms with E-state index in [0.717, 1.165) is 5.69 Å². The zero-order chi connectivity index (χ0) is 16.9. The molecule has 7 nitrogen and oxygen atoms in total. The van der Waals surface area contributed by atoms with Crippen molar-refractivity contribution >= 4 is 17.5 Å². The summed E-state index contributed by atoms with van der Waals surface area (Å²) in [6.07, 6.45) is 5.05. The highest BCUT2D eigenvalue weighted by molar-refractivity contribution is 6.30. The Morgan fingerprint density at radius 1 is 1.42 bits per heavy atom. The molecule has 3 aromatic rings. The third kappa shape index (κ3) is 4.20.